The summed E-state index contributed by atoms with van der Waals surface area (Å²) in [7, 11) is -3.95. The van der Waals surface area contributed by atoms with Crippen LogP contribution in [0.3, 0.4) is 0 Å². The molecule has 1 aromatic carbocycles. The normalized spacial score (nSPS) is 12.1. The molecular weight excluding hydrogens is 387 g/mol. The fraction of sp³-hybridized carbons (Fsp3) is 0.133. The minimum absolute atomic E-state index is 0.145. The first-order valence-electron chi connectivity index (χ1n) is 7.40. The second-order valence-electron chi connectivity index (χ2n) is 5.20. The van der Waals surface area contributed by atoms with E-state index in [4.69, 9.17) is 0 Å². The Morgan fingerprint density at radius 2 is 1.74 bits per heavy atom. The van der Waals surface area contributed by atoms with E-state index in [0.717, 1.165) is 24.3 Å². The van der Waals surface area contributed by atoms with E-state index in [0.29, 0.717) is 11.4 Å². The van der Waals surface area contributed by atoms with Gasteiger partial charge in [-0.1, -0.05) is 5.21 Å². The van der Waals surface area contributed by atoms with Gasteiger partial charge in [-0.2, -0.15) is 0 Å². The summed E-state index contributed by atoms with van der Waals surface area (Å²) in [5, 5.41) is 7.75. The highest BCUT2D eigenvalue weighted by molar-refractivity contribution is 7.89. The maximum Gasteiger partial charge on any atom is 0.573 e. The van der Waals surface area contributed by atoms with Crippen LogP contribution in [0.25, 0.3) is 5.69 Å². The van der Waals surface area contributed by atoms with Crippen molar-refractivity contribution in [3.63, 3.8) is 0 Å². The number of pyridine rings is 1. The van der Waals surface area contributed by atoms with Gasteiger partial charge < -0.3 is 4.74 Å². The quantitative estimate of drug-likeness (QED) is 0.681. The summed E-state index contributed by atoms with van der Waals surface area (Å²) >= 11 is 0. The van der Waals surface area contributed by atoms with Gasteiger partial charge in [-0.15, -0.1) is 18.3 Å². The van der Waals surface area contributed by atoms with Crippen LogP contribution in [0.15, 0.2) is 59.9 Å². The average molecular weight is 399 g/mol. The van der Waals surface area contributed by atoms with Gasteiger partial charge in [0, 0.05) is 12.4 Å². The summed E-state index contributed by atoms with van der Waals surface area (Å²) in [5.41, 5.74) is 1.05. The van der Waals surface area contributed by atoms with Gasteiger partial charge in [0.15, 0.2) is 0 Å². The zero-order valence-corrected chi connectivity index (χ0v) is 14.3. The summed E-state index contributed by atoms with van der Waals surface area (Å²) in [5.74, 6) is -0.512. The zero-order valence-electron chi connectivity index (χ0n) is 13.5. The van der Waals surface area contributed by atoms with Crippen LogP contribution in [-0.2, 0) is 16.6 Å². The third-order valence-electron chi connectivity index (χ3n) is 3.28. The molecular formula is C15H12F3N5O3S. The van der Waals surface area contributed by atoms with Crippen molar-refractivity contribution in [1.29, 1.82) is 0 Å². The van der Waals surface area contributed by atoms with Gasteiger partial charge in [-0.25, -0.2) is 17.8 Å². The minimum Gasteiger partial charge on any atom is -0.406 e. The van der Waals surface area contributed by atoms with E-state index >= 15 is 0 Å². The van der Waals surface area contributed by atoms with E-state index in [1.807, 2.05) is 0 Å². The van der Waals surface area contributed by atoms with Crippen LogP contribution in [-0.4, -0.2) is 34.8 Å². The second kappa shape index (κ2) is 7.32. The third kappa shape index (κ3) is 5.01. The molecule has 0 saturated heterocycles. The van der Waals surface area contributed by atoms with Crippen molar-refractivity contribution >= 4 is 10.0 Å². The van der Waals surface area contributed by atoms with Crippen molar-refractivity contribution in [2.45, 2.75) is 17.8 Å². The van der Waals surface area contributed by atoms with Gasteiger partial charge in [0.05, 0.1) is 29.0 Å². The predicted molar refractivity (Wildman–Crippen MR) is 86.3 cm³/mol. The van der Waals surface area contributed by atoms with Crippen molar-refractivity contribution in [2.75, 3.05) is 0 Å². The van der Waals surface area contributed by atoms with Crippen molar-refractivity contribution in [1.82, 2.24) is 24.7 Å². The lowest BCUT2D eigenvalue weighted by Crippen LogP contribution is -2.23. The fourth-order valence-electron chi connectivity index (χ4n) is 2.08. The van der Waals surface area contributed by atoms with Crippen molar-refractivity contribution in [3.8, 4) is 11.4 Å². The number of hydrogen-bond donors (Lipinski definition) is 1. The lowest BCUT2D eigenvalue weighted by atomic mass is 10.3. The largest absolute Gasteiger partial charge is 0.573 e. The van der Waals surface area contributed by atoms with Crippen LogP contribution in [0.5, 0.6) is 5.75 Å². The Labute approximate surface area is 151 Å². The van der Waals surface area contributed by atoms with Gasteiger partial charge in [0.2, 0.25) is 10.0 Å². The highest BCUT2D eigenvalue weighted by Gasteiger charge is 2.31. The zero-order chi connectivity index (χ0) is 19.5. The highest BCUT2D eigenvalue weighted by Crippen LogP contribution is 2.23. The topological polar surface area (TPSA) is 99.0 Å². The van der Waals surface area contributed by atoms with Gasteiger partial charge in [0.1, 0.15) is 5.75 Å². The standard InChI is InChI=1S/C15H12F3N5O3S/c16-15(17,18)26-13-1-3-14(4-2-13)27(24,25)20-9-11-10-23(22-21-11)12-5-7-19-8-6-12/h1-8,10,20H,9H2. The Morgan fingerprint density at radius 3 is 2.37 bits per heavy atom. The predicted octanol–water partition coefficient (Wildman–Crippen LogP) is 2.04. The van der Waals surface area contributed by atoms with Crippen molar-refractivity contribution in [3.05, 3.63) is 60.7 Å². The van der Waals surface area contributed by atoms with Crippen LogP contribution in [0.4, 0.5) is 13.2 Å². The molecule has 0 bridgehead atoms. The van der Waals surface area contributed by atoms with E-state index in [-0.39, 0.29) is 11.4 Å². The summed E-state index contributed by atoms with van der Waals surface area (Å²) < 4.78 is 68.4. The minimum atomic E-state index is -4.85. The molecule has 0 fully saturated rings. The Morgan fingerprint density at radius 1 is 1.07 bits per heavy atom. The number of halogens is 3. The summed E-state index contributed by atoms with van der Waals surface area (Å²) in [6.45, 7) is -0.145. The number of nitrogens with zero attached hydrogens (tertiary/aromatic N) is 4. The number of alkyl halides is 3. The van der Waals surface area contributed by atoms with Crippen LogP contribution < -0.4 is 9.46 Å². The molecule has 0 amide bonds. The molecule has 8 nitrogen and oxygen atoms in total. The molecule has 0 aliphatic carbocycles. The average Bonchev–Trinajstić information content (AvgIpc) is 3.09. The molecule has 0 unspecified atom stereocenters. The fourth-order valence-corrected chi connectivity index (χ4v) is 3.07. The summed E-state index contributed by atoms with van der Waals surface area (Å²) in [6.07, 6.45) is -0.158. The number of ether oxygens (including phenoxy) is 1. The van der Waals surface area contributed by atoms with Gasteiger partial charge in [0.25, 0.3) is 0 Å². The molecule has 3 rings (SSSR count). The number of benzene rings is 1. The van der Waals surface area contributed by atoms with Gasteiger partial charge in [-0.3, -0.25) is 4.98 Å². The molecule has 2 aromatic heterocycles. The molecule has 0 aliphatic heterocycles. The van der Waals surface area contributed by atoms with E-state index < -0.39 is 22.1 Å². The van der Waals surface area contributed by atoms with Crippen LogP contribution in [0, 0.1) is 0 Å². The SMILES string of the molecule is O=S(=O)(NCc1cn(-c2ccncc2)nn1)c1ccc(OC(F)(F)F)cc1. The molecule has 3 aromatic rings. The Hall–Kier alpha value is -2.99. The number of hydrogen-bond acceptors (Lipinski definition) is 6. The molecule has 12 heteroatoms. The summed E-state index contributed by atoms with van der Waals surface area (Å²) in [4.78, 5) is 3.67. The first-order valence-corrected chi connectivity index (χ1v) is 8.88. The molecule has 0 atom stereocenters. The first kappa shape index (κ1) is 18.8. The number of aromatic nitrogens is 4. The molecule has 142 valence electrons. The maximum atomic E-state index is 12.2. The smallest absolute Gasteiger partial charge is 0.406 e. The molecule has 0 spiro atoms. The van der Waals surface area contributed by atoms with Gasteiger partial charge in [-0.05, 0) is 36.4 Å². The molecule has 1 N–H and O–H groups in total. The van der Waals surface area contributed by atoms with E-state index in [1.165, 1.54) is 10.9 Å². The van der Waals surface area contributed by atoms with Crippen LogP contribution in [0.2, 0.25) is 0 Å². The van der Waals surface area contributed by atoms with Crippen LogP contribution >= 0.6 is 0 Å². The van der Waals surface area contributed by atoms with Crippen LogP contribution in [0.1, 0.15) is 5.69 Å². The molecule has 0 aliphatic rings. The van der Waals surface area contributed by atoms with E-state index in [9.17, 15) is 21.6 Å². The lowest BCUT2D eigenvalue weighted by molar-refractivity contribution is -0.274. The molecule has 27 heavy (non-hydrogen) atoms. The highest BCUT2D eigenvalue weighted by atomic mass is 32.2. The molecule has 0 radical (unpaired) electrons. The monoisotopic (exact) mass is 399 g/mol. The number of rotatable bonds is 6. The Kier molecular flexibility index (Phi) is 5.10. The molecule has 0 saturated carbocycles. The maximum absolute atomic E-state index is 12.2. The van der Waals surface area contributed by atoms with Gasteiger partial charge >= 0.3 is 6.36 Å². The van der Waals surface area contributed by atoms with Crippen molar-refractivity contribution < 1.29 is 26.3 Å². The summed E-state index contributed by atoms with van der Waals surface area (Å²) in [6, 6.07) is 7.26. The number of nitrogens with one attached hydrogen (secondary N) is 1. The number of sulfonamides is 1. The Balaban J connectivity index is 1.66. The van der Waals surface area contributed by atoms with E-state index in [2.05, 4.69) is 24.8 Å². The Bertz CT molecular complexity index is 1010. The second-order valence-corrected chi connectivity index (χ2v) is 6.97. The third-order valence-corrected chi connectivity index (χ3v) is 4.70. The first-order chi connectivity index (χ1) is 12.7. The van der Waals surface area contributed by atoms with Crippen molar-refractivity contribution in [2.24, 2.45) is 0 Å². The lowest BCUT2D eigenvalue weighted by Gasteiger charge is -2.09. The molecule has 2 heterocycles. The van der Waals surface area contributed by atoms with E-state index in [1.54, 1.807) is 24.5 Å².